The van der Waals surface area contributed by atoms with Crippen molar-refractivity contribution >= 4 is 29.1 Å². The Hall–Kier alpha value is -0.550. The summed E-state index contributed by atoms with van der Waals surface area (Å²) in [5, 5.41) is 1.03. The Kier molecular flexibility index (Phi) is 1.73. The first-order chi connectivity index (χ1) is 4.20. The molecule has 0 fully saturated rings. The molecule has 1 N–H and O–H groups in total. The van der Waals surface area contributed by atoms with E-state index in [2.05, 4.69) is 17.6 Å². The Labute approximate surface area is 60.1 Å². The predicted molar refractivity (Wildman–Crippen MR) is 38.3 cm³/mol. The minimum Gasteiger partial charge on any atom is -0.309 e. The average molecular weight is 161 g/mol. The molecule has 0 aliphatic rings. The molecule has 0 bridgehead atoms. The zero-order chi connectivity index (χ0) is 6.85. The molecule has 1 heterocycles. The molecule has 0 aliphatic carbocycles. The molecule has 1 aromatic rings. The summed E-state index contributed by atoms with van der Waals surface area (Å²) in [7, 11) is 0. The third-order valence-electron chi connectivity index (χ3n) is 0.751. The first-order valence-electron chi connectivity index (χ1n) is 2.11. The zero-order valence-electron chi connectivity index (χ0n) is 4.25. The number of thiol groups is 1. The topological polar surface area (TPSA) is 49.9 Å². The van der Waals surface area contributed by atoms with Gasteiger partial charge in [0.25, 0.3) is 0 Å². The SMILES string of the molecule is O=C(S)c1csc(=O)[nH]1. The number of nitrogens with one attached hydrogen (secondary N) is 1. The van der Waals surface area contributed by atoms with Crippen LogP contribution in [0.1, 0.15) is 10.5 Å². The molecule has 48 valence electrons. The van der Waals surface area contributed by atoms with Gasteiger partial charge in [-0.3, -0.25) is 9.59 Å². The summed E-state index contributed by atoms with van der Waals surface area (Å²) in [5.41, 5.74) is 0.258. The fraction of sp³-hybridized carbons (Fsp3) is 0. The summed E-state index contributed by atoms with van der Waals surface area (Å²) in [5.74, 6) is 0. The Balaban J connectivity index is 3.12. The van der Waals surface area contributed by atoms with Crippen LogP contribution in [0, 0.1) is 0 Å². The Bertz CT molecular complexity index is 274. The van der Waals surface area contributed by atoms with E-state index in [-0.39, 0.29) is 10.6 Å². The van der Waals surface area contributed by atoms with Gasteiger partial charge in [-0.1, -0.05) is 24.0 Å². The lowest BCUT2D eigenvalue weighted by Gasteiger charge is -1.79. The van der Waals surface area contributed by atoms with Gasteiger partial charge in [0.15, 0.2) is 0 Å². The van der Waals surface area contributed by atoms with Gasteiger partial charge in [0.1, 0.15) is 5.69 Å². The van der Waals surface area contributed by atoms with Crippen LogP contribution in [-0.2, 0) is 0 Å². The van der Waals surface area contributed by atoms with E-state index < -0.39 is 5.12 Å². The lowest BCUT2D eigenvalue weighted by molar-refractivity contribution is 0.108. The Morgan fingerprint density at radius 3 is 2.67 bits per heavy atom. The molecule has 0 amide bonds. The first-order valence-corrected chi connectivity index (χ1v) is 3.44. The van der Waals surface area contributed by atoms with Gasteiger partial charge >= 0.3 is 4.87 Å². The van der Waals surface area contributed by atoms with Crippen LogP contribution in [0.4, 0.5) is 0 Å². The van der Waals surface area contributed by atoms with Crippen LogP contribution in [0.25, 0.3) is 0 Å². The largest absolute Gasteiger partial charge is 0.309 e. The standard InChI is InChI=1S/C4H3NO2S2/c6-3(8)2-1-9-4(7)5-2/h1H,(H,5,7)(H,6,8). The minimum atomic E-state index is -0.409. The number of carbonyl (C=O) groups excluding carboxylic acids is 1. The molecule has 9 heavy (non-hydrogen) atoms. The average Bonchev–Trinajstić information content (AvgIpc) is 2.14. The molecule has 0 spiro atoms. The van der Waals surface area contributed by atoms with Crippen molar-refractivity contribution in [3.8, 4) is 0 Å². The molecule has 0 radical (unpaired) electrons. The van der Waals surface area contributed by atoms with Crippen molar-refractivity contribution in [2.45, 2.75) is 0 Å². The third-order valence-corrected chi connectivity index (χ3v) is 1.66. The van der Waals surface area contributed by atoms with Gasteiger partial charge in [-0.25, -0.2) is 0 Å². The van der Waals surface area contributed by atoms with E-state index in [0.717, 1.165) is 11.3 Å². The summed E-state index contributed by atoms with van der Waals surface area (Å²) in [4.78, 5) is 22.8. The van der Waals surface area contributed by atoms with Crippen LogP contribution >= 0.6 is 24.0 Å². The molecule has 0 atom stereocenters. The van der Waals surface area contributed by atoms with Crippen LogP contribution in [-0.4, -0.2) is 10.1 Å². The first kappa shape index (κ1) is 6.57. The van der Waals surface area contributed by atoms with E-state index in [1.54, 1.807) is 0 Å². The van der Waals surface area contributed by atoms with Gasteiger partial charge in [0, 0.05) is 5.38 Å². The molecule has 3 nitrogen and oxygen atoms in total. The van der Waals surface area contributed by atoms with E-state index in [4.69, 9.17) is 0 Å². The molecular formula is C4H3NO2S2. The molecule has 0 unspecified atom stereocenters. The highest BCUT2D eigenvalue weighted by atomic mass is 32.1. The molecule has 5 heteroatoms. The van der Waals surface area contributed by atoms with Gasteiger partial charge < -0.3 is 4.98 Å². The highest BCUT2D eigenvalue weighted by Crippen LogP contribution is 1.98. The van der Waals surface area contributed by atoms with Crippen molar-refractivity contribution < 1.29 is 4.79 Å². The summed E-state index contributed by atoms with van der Waals surface area (Å²) in [6.07, 6.45) is 0. The molecular weight excluding hydrogens is 158 g/mol. The second-order valence-corrected chi connectivity index (χ2v) is 2.62. The van der Waals surface area contributed by atoms with Gasteiger partial charge in [0.05, 0.1) is 0 Å². The van der Waals surface area contributed by atoms with E-state index in [9.17, 15) is 9.59 Å². The van der Waals surface area contributed by atoms with E-state index in [1.807, 2.05) is 0 Å². The molecule has 1 rings (SSSR count). The van der Waals surface area contributed by atoms with Crippen LogP contribution in [0.15, 0.2) is 10.2 Å². The summed E-state index contributed by atoms with van der Waals surface area (Å²) in [6.45, 7) is 0. The third kappa shape index (κ3) is 1.43. The number of carbonyl (C=O) groups is 1. The quantitative estimate of drug-likeness (QED) is 0.589. The van der Waals surface area contributed by atoms with Gasteiger partial charge in [-0.15, -0.1) is 0 Å². The van der Waals surface area contributed by atoms with E-state index >= 15 is 0 Å². The maximum Gasteiger partial charge on any atom is 0.305 e. The number of aromatic nitrogens is 1. The van der Waals surface area contributed by atoms with Crippen LogP contribution in [0.5, 0.6) is 0 Å². The van der Waals surface area contributed by atoms with Crippen LogP contribution in [0.2, 0.25) is 0 Å². The number of thiazole rings is 1. The van der Waals surface area contributed by atoms with Crippen molar-refractivity contribution in [2.24, 2.45) is 0 Å². The predicted octanol–water partition coefficient (Wildman–Crippen LogP) is 0.506. The van der Waals surface area contributed by atoms with Crippen molar-refractivity contribution in [3.05, 3.63) is 20.7 Å². The maximum atomic E-state index is 10.4. The summed E-state index contributed by atoms with van der Waals surface area (Å²) < 4.78 is 0. The van der Waals surface area contributed by atoms with Crippen LogP contribution in [0.3, 0.4) is 0 Å². The lowest BCUT2D eigenvalue weighted by Crippen LogP contribution is -1.97. The number of H-pyrrole nitrogens is 1. The fourth-order valence-electron chi connectivity index (χ4n) is 0.385. The van der Waals surface area contributed by atoms with E-state index in [0.29, 0.717) is 0 Å². The highest BCUT2D eigenvalue weighted by Gasteiger charge is 2.00. The van der Waals surface area contributed by atoms with Gasteiger partial charge in [0.2, 0.25) is 5.12 Å². The van der Waals surface area contributed by atoms with Crippen LogP contribution < -0.4 is 4.87 Å². The van der Waals surface area contributed by atoms with Crippen molar-refractivity contribution in [1.82, 2.24) is 4.98 Å². The molecule has 0 aromatic carbocycles. The molecule has 0 aliphatic heterocycles. The van der Waals surface area contributed by atoms with Gasteiger partial charge in [-0.2, -0.15) is 0 Å². The second-order valence-electron chi connectivity index (χ2n) is 1.37. The fourth-order valence-corrected chi connectivity index (χ4v) is 1.15. The monoisotopic (exact) mass is 161 g/mol. The summed E-state index contributed by atoms with van der Waals surface area (Å²) >= 11 is 4.45. The molecule has 1 aromatic heterocycles. The maximum absolute atomic E-state index is 10.4. The van der Waals surface area contributed by atoms with Crippen molar-refractivity contribution in [3.63, 3.8) is 0 Å². The molecule has 0 saturated carbocycles. The summed E-state index contributed by atoms with van der Waals surface area (Å²) in [6, 6.07) is 0. The normalized spacial score (nSPS) is 9.44. The number of aromatic amines is 1. The smallest absolute Gasteiger partial charge is 0.305 e. The Morgan fingerprint density at radius 1 is 1.78 bits per heavy atom. The molecule has 0 saturated heterocycles. The van der Waals surface area contributed by atoms with Crippen molar-refractivity contribution in [1.29, 1.82) is 0 Å². The van der Waals surface area contributed by atoms with E-state index in [1.165, 1.54) is 5.38 Å². The highest BCUT2D eigenvalue weighted by molar-refractivity contribution is 7.97. The lowest BCUT2D eigenvalue weighted by atomic mass is 10.6. The number of hydrogen-bond acceptors (Lipinski definition) is 3. The second kappa shape index (κ2) is 2.36. The number of rotatable bonds is 1. The van der Waals surface area contributed by atoms with Crippen molar-refractivity contribution in [2.75, 3.05) is 0 Å². The Morgan fingerprint density at radius 2 is 2.44 bits per heavy atom. The minimum absolute atomic E-state index is 0.229. The zero-order valence-corrected chi connectivity index (χ0v) is 5.96. The van der Waals surface area contributed by atoms with Gasteiger partial charge in [-0.05, 0) is 0 Å². The number of hydrogen-bond donors (Lipinski definition) is 2.